The second kappa shape index (κ2) is 6.64. The van der Waals surface area contributed by atoms with Crippen molar-refractivity contribution in [2.75, 3.05) is 0 Å². The van der Waals surface area contributed by atoms with E-state index in [9.17, 15) is 10.1 Å². The predicted octanol–water partition coefficient (Wildman–Crippen LogP) is 3.06. The zero-order valence-electron chi connectivity index (χ0n) is 11.7. The molecule has 2 aromatic rings. The Balaban J connectivity index is 1.99. The van der Waals surface area contributed by atoms with Crippen LogP contribution in [0.4, 0.5) is 5.69 Å². The maximum Gasteiger partial charge on any atom is 0.272 e. The number of nitrogens with one attached hydrogen (secondary N) is 1. The van der Waals surface area contributed by atoms with Gasteiger partial charge in [-0.05, 0) is 30.2 Å². The first-order valence-electron chi connectivity index (χ1n) is 6.54. The van der Waals surface area contributed by atoms with Crippen LogP contribution in [-0.4, -0.2) is 4.92 Å². The lowest BCUT2D eigenvalue weighted by Gasteiger charge is -2.06. The third kappa shape index (κ3) is 3.88. The number of rotatable bonds is 5. The van der Waals surface area contributed by atoms with Gasteiger partial charge in [0.15, 0.2) is 0 Å². The molecule has 5 nitrogen and oxygen atoms in total. The number of nitriles is 1. The third-order valence-electron chi connectivity index (χ3n) is 3.18. The topological polar surface area (TPSA) is 79.0 Å². The largest absolute Gasteiger partial charge is 0.309 e. The van der Waals surface area contributed by atoms with Gasteiger partial charge in [0.05, 0.1) is 16.6 Å². The van der Waals surface area contributed by atoms with Gasteiger partial charge in [-0.2, -0.15) is 5.26 Å². The van der Waals surface area contributed by atoms with Crippen LogP contribution in [0.2, 0.25) is 0 Å². The van der Waals surface area contributed by atoms with Gasteiger partial charge in [0.1, 0.15) is 0 Å². The van der Waals surface area contributed by atoms with Gasteiger partial charge in [-0.25, -0.2) is 0 Å². The normalized spacial score (nSPS) is 10.1. The van der Waals surface area contributed by atoms with Gasteiger partial charge in [0.25, 0.3) is 5.69 Å². The van der Waals surface area contributed by atoms with Crippen LogP contribution in [0.3, 0.4) is 0 Å². The summed E-state index contributed by atoms with van der Waals surface area (Å²) in [7, 11) is 0. The first-order chi connectivity index (χ1) is 10.1. The van der Waals surface area contributed by atoms with Crippen molar-refractivity contribution in [2.24, 2.45) is 0 Å². The predicted molar refractivity (Wildman–Crippen MR) is 79.5 cm³/mol. The Morgan fingerprint density at radius 3 is 2.57 bits per heavy atom. The average Bonchev–Trinajstić information content (AvgIpc) is 2.49. The molecule has 0 amide bonds. The summed E-state index contributed by atoms with van der Waals surface area (Å²) in [5.41, 5.74) is 3.30. The first-order valence-corrected chi connectivity index (χ1v) is 6.54. The highest BCUT2D eigenvalue weighted by Crippen LogP contribution is 2.19. The highest BCUT2D eigenvalue weighted by atomic mass is 16.6. The van der Waals surface area contributed by atoms with E-state index in [1.807, 2.05) is 24.3 Å². The molecule has 0 aliphatic rings. The molecule has 0 aromatic heterocycles. The highest BCUT2D eigenvalue weighted by Gasteiger charge is 2.10. The summed E-state index contributed by atoms with van der Waals surface area (Å²) < 4.78 is 0. The molecule has 0 atom stereocenters. The number of benzene rings is 2. The maximum atomic E-state index is 10.9. The monoisotopic (exact) mass is 281 g/mol. The van der Waals surface area contributed by atoms with Gasteiger partial charge in [-0.15, -0.1) is 0 Å². The van der Waals surface area contributed by atoms with E-state index in [0.717, 1.165) is 11.1 Å². The fourth-order valence-electron chi connectivity index (χ4n) is 2.06. The third-order valence-corrected chi connectivity index (χ3v) is 3.18. The molecule has 0 radical (unpaired) electrons. The van der Waals surface area contributed by atoms with Crippen LogP contribution in [0.1, 0.15) is 22.3 Å². The van der Waals surface area contributed by atoms with E-state index in [1.165, 1.54) is 0 Å². The van der Waals surface area contributed by atoms with Crippen LogP contribution in [0.5, 0.6) is 0 Å². The minimum Gasteiger partial charge on any atom is -0.309 e. The lowest BCUT2D eigenvalue weighted by Crippen LogP contribution is -2.13. The lowest BCUT2D eigenvalue weighted by atomic mass is 10.1. The second-order valence-electron chi connectivity index (χ2n) is 4.79. The number of nitro groups is 1. The van der Waals surface area contributed by atoms with Crippen LogP contribution in [-0.2, 0) is 13.1 Å². The second-order valence-corrected chi connectivity index (χ2v) is 4.79. The summed E-state index contributed by atoms with van der Waals surface area (Å²) in [6.07, 6.45) is 0. The Kier molecular flexibility index (Phi) is 4.64. The molecule has 0 saturated heterocycles. The number of hydrogen-bond donors (Lipinski definition) is 1. The zero-order chi connectivity index (χ0) is 15.2. The summed E-state index contributed by atoms with van der Waals surface area (Å²) in [6.45, 7) is 2.87. The van der Waals surface area contributed by atoms with E-state index < -0.39 is 0 Å². The van der Waals surface area contributed by atoms with Crippen molar-refractivity contribution in [3.63, 3.8) is 0 Å². The number of nitro benzene ring substituents is 1. The van der Waals surface area contributed by atoms with E-state index in [4.69, 9.17) is 5.26 Å². The molecule has 5 heteroatoms. The van der Waals surface area contributed by atoms with Crippen LogP contribution < -0.4 is 5.32 Å². The molecule has 0 aliphatic carbocycles. The molecule has 0 unspecified atom stereocenters. The van der Waals surface area contributed by atoms with Gasteiger partial charge in [0, 0.05) is 24.7 Å². The minimum absolute atomic E-state index is 0.140. The molecule has 106 valence electrons. The van der Waals surface area contributed by atoms with Crippen molar-refractivity contribution in [2.45, 2.75) is 20.0 Å². The zero-order valence-corrected chi connectivity index (χ0v) is 11.7. The molecule has 21 heavy (non-hydrogen) atoms. The van der Waals surface area contributed by atoms with Crippen LogP contribution >= 0.6 is 0 Å². The van der Waals surface area contributed by atoms with Gasteiger partial charge in [-0.1, -0.05) is 24.3 Å². The Labute approximate surface area is 123 Å². The molecule has 2 rings (SSSR count). The molecule has 0 bridgehead atoms. The molecule has 0 aliphatic heterocycles. The van der Waals surface area contributed by atoms with Crippen molar-refractivity contribution in [3.8, 4) is 6.07 Å². The molecule has 0 spiro atoms. The molecule has 0 saturated carbocycles. The summed E-state index contributed by atoms with van der Waals surface area (Å²) in [6, 6.07) is 14.7. The molecule has 0 heterocycles. The number of hydrogen-bond acceptors (Lipinski definition) is 4. The minimum atomic E-state index is -0.366. The number of aryl methyl sites for hydroxylation is 1. The summed E-state index contributed by atoms with van der Waals surface area (Å²) >= 11 is 0. The summed E-state index contributed by atoms with van der Waals surface area (Å²) in [4.78, 5) is 10.5. The summed E-state index contributed by atoms with van der Waals surface area (Å²) in [5.74, 6) is 0. The van der Waals surface area contributed by atoms with Gasteiger partial charge >= 0.3 is 0 Å². The van der Waals surface area contributed by atoms with Crippen molar-refractivity contribution < 1.29 is 4.92 Å². The van der Waals surface area contributed by atoms with Crippen LogP contribution in [0.15, 0.2) is 42.5 Å². The smallest absolute Gasteiger partial charge is 0.272 e. The molecular formula is C16H15N3O2. The van der Waals surface area contributed by atoms with Gasteiger partial charge < -0.3 is 5.32 Å². The van der Waals surface area contributed by atoms with Crippen LogP contribution in [0.25, 0.3) is 0 Å². The fraction of sp³-hybridized carbons (Fsp3) is 0.188. The highest BCUT2D eigenvalue weighted by molar-refractivity contribution is 5.42. The van der Waals surface area contributed by atoms with E-state index in [0.29, 0.717) is 24.2 Å². The molecule has 1 N–H and O–H groups in total. The van der Waals surface area contributed by atoms with Crippen molar-refractivity contribution in [3.05, 3.63) is 74.8 Å². The maximum absolute atomic E-state index is 10.9. The average molecular weight is 281 g/mol. The Morgan fingerprint density at radius 2 is 1.90 bits per heavy atom. The number of nitrogens with zero attached hydrogens (tertiary/aromatic N) is 2. The van der Waals surface area contributed by atoms with E-state index in [2.05, 4.69) is 11.4 Å². The van der Waals surface area contributed by atoms with Crippen molar-refractivity contribution >= 4 is 5.69 Å². The van der Waals surface area contributed by atoms with Crippen LogP contribution in [0, 0.1) is 28.4 Å². The summed E-state index contributed by atoms with van der Waals surface area (Å²) in [5, 5.41) is 23.0. The Hall–Kier alpha value is -2.71. The van der Waals surface area contributed by atoms with Crippen molar-refractivity contribution in [1.29, 1.82) is 5.26 Å². The Morgan fingerprint density at radius 1 is 1.19 bits per heavy atom. The van der Waals surface area contributed by atoms with Gasteiger partial charge in [-0.3, -0.25) is 10.1 Å². The quantitative estimate of drug-likeness (QED) is 0.674. The van der Waals surface area contributed by atoms with E-state index >= 15 is 0 Å². The Bertz CT molecular complexity index is 705. The molecule has 2 aromatic carbocycles. The first kappa shape index (κ1) is 14.7. The SMILES string of the molecule is Cc1ccc(CNCc2cccc(C#N)c2)cc1[N+](=O)[O-]. The molecular weight excluding hydrogens is 266 g/mol. The standard InChI is InChI=1S/C16H15N3O2/c1-12-5-6-15(8-16(12)19(20)21)11-18-10-14-4-2-3-13(7-14)9-17/h2-8,18H,10-11H2,1H3. The van der Waals surface area contributed by atoms with Gasteiger partial charge in [0.2, 0.25) is 0 Å². The molecule has 0 fully saturated rings. The van der Waals surface area contributed by atoms with Crippen molar-refractivity contribution in [1.82, 2.24) is 5.32 Å². The van der Waals surface area contributed by atoms with E-state index in [1.54, 1.807) is 25.1 Å². The van der Waals surface area contributed by atoms with E-state index in [-0.39, 0.29) is 10.6 Å². The fourth-order valence-corrected chi connectivity index (χ4v) is 2.06. The lowest BCUT2D eigenvalue weighted by molar-refractivity contribution is -0.385.